The predicted molar refractivity (Wildman–Crippen MR) is 97.6 cm³/mol. The number of aliphatic hydroxyl groups excluding tert-OH is 1. The Morgan fingerprint density at radius 2 is 2.04 bits per heavy atom. The van der Waals surface area contributed by atoms with Crippen molar-refractivity contribution in [2.24, 2.45) is 0 Å². The summed E-state index contributed by atoms with van der Waals surface area (Å²) in [6.45, 7) is 1.30. The Bertz CT molecular complexity index is 705. The van der Waals surface area contributed by atoms with Gasteiger partial charge in [-0.3, -0.25) is 9.69 Å². The van der Waals surface area contributed by atoms with Crippen molar-refractivity contribution in [3.63, 3.8) is 0 Å². The lowest BCUT2D eigenvalue weighted by Crippen LogP contribution is -2.44. The average molecular weight is 340 g/mol. The molecule has 2 atom stereocenters. The first kappa shape index (κ1) is 17.5. The molecule has 1 aliphatic rings. The standard InChI is InChI=1S/C20H24N2O3/c1-25-18-11-5-9-16(13-18)21-20(24)19(15-7-3-2-4-8-15)22-12-6-10-17(23)14-22/h2-5,7-9,11,13,17,19,23H,6,10,12,14H2,1H3,(H,21,24). The third kappa shape index (κ3) is 4.38. The van der Waals surface area contributed by atoms with E-state index < -0.39 is 6.04 Å². The molecule has 2 aromatic carbocycles. The number of aliphatic hydroxyl groups is 1. The Morgan fingerprint density at radius 3 is 2.76 bits per heavy atom. The van der Waals surface area contributed by atoms with Crippen LogP contribution >= 0.6 is 0 Å². The molecule has 3 rings (SSSR count). The summed E-state index contributed by atoms with van der Waals surface area (Å²) in [6.07, 6.45) is 1.29. The average Bonchev–Trinajstić information content (AvgIpc) is 2.63. The number of carbonyl (C=O) groups is 1. The zero-order valence-electron chi connectivity index (χ0n) is 14.4. The fourth-order valence-electron chi connectivity index (χ4n) is 3.29. The monoisotopic (exact) mass is 340 g/mol. The number of β-amino-alcohol motifs (C(OH)–C–C–N with tert-alkyl or cyclic N) is 1. The van der Waals surface area contributed by atoms with Crippen LogP contribution < -0.4 is 10.1 Å². The third-order valence-electron chi connectivity index (χ3n) is 4.49. The lowest BCUT2D eigenvalue weighted by molar-refractivity contribution is -0.122. The molecule has 0 spiro atoms. The number of likely N-dealkylation sites (tertiary alicyclic amines) is 1. The van der Waals surface area contributed by atoms with Gasteiger partial charge >= 0.3 is 0 Å². The highest BCUT2D eigenvalue weighted by Gasteiger charge is 2.31. The van der Waals surface area contributed by atoms with Crippen molar-refractivity contribution in [1.82, 2.24) is 4.90 Å². The Hall–Kier alpha value is -2.37. The molecule has 1 aliphatic heterocycles. The van der Waals surface area contributed by atoms with Crippen LogP contribution in [0.2, 0.25) is 0 Å². The van der Waals surface area contributed by atoms with Gasteiger partial charge in [0.2, 0.25) is 5.91 Å². The van der Waals surface area contributed by atoms with E-state index in [-0.39, 0.29) is 12.0 Å². The Balaban J connectivity index is 1.84. The first-order valence-electron chi connectivity index (χ1n) is 8.59. The number of piperidine rings is 1. The second-order valence-corrected chi connectivity index (χ2v) is 6.33. The number of anilines is 1. The zero-order valence-corrected chi connectivity index (χ0v) is 14.4. The Kier molecular flexibility index (Phi) is 5.68. The van der Waals surface area contributed by atoms with E-state index in [4.69, 9.17) is 4.74 Å². The van der Waals surface area contributed by atoms with Crippen molar-refractivity contribution in [3.05, 3.63) is 60.2 Å². The predicted octanol–water partition coefficient (Wildman–Crippen LogP) is 2.83. The number of hydrogen-bond acceptors (Lipinski definition) is 4. The summed E-state index contributed by atoms with van der Waals surface area (Å²) in [5.41, 5.74) is 1.62. The number of nitrogens with zero attached hydrogens (tertiary/aromatic N) is 1. The summed E-state index contributed by atoms with van der Waals surface area (Å²) < 4.78 is 5.22. The van der Waals surface area contributed by atoms with Gasteiger partial charge in [-0.05, 0) is 37.1 Å². The minimum atomic E-state index is -0.428. The molecule has 25 heavy (non-hydrogen) atoms. The van der Waals surface area contributed by atoms with E-state index in [1.165, 1.54) is 0 Å². The van der Waals surface area contributed by atoms with Gasteiger partial charge in [-0.25, -0.2) is 0 Å². The van der Waals surface area contributed by atoms with Gasteiger partial charge < -0.3 is 15.2 Å². The number of rotatable bonds is 5. The maximum absolute atomic E-state index is 13.0. The molecule has 2 unspecified atom stereocenters. The van der Waals surface area contributed by atoms with E-state index in [1.807, 2.05) is 48.5 Å². The van der Waals surface area contributed by atoms with Crippen LogP contribution in [-0.2, 0) is 4.79 Å². The molecular formula is C20H24N2O3. The number of ether oxygens (including phenoxy) is 1. The number of benzene rings is 2. The van der Waals surface area contributed by atoms with E-state index >= 15 is 0 Å². The topological polar surface area (TPSA) is 61.8 Å². The summed E-state index contributed by atoms with van der Waals surface area (Å²) >= 11 is 0. The summed E-state index contributed by atoms with van der Waals surface area (Å²) in [6, 6.07) is 16.6. The lowest BCUT2D eigenvalue weighted by Gasteiger charge is -2.36. The maximum atomic E-state index is 13.0. The van der Waals surface area contributed by atoms with E-state index in [0.717, 1.165) is 24.9 Å². The number of nitrogens with one attached hydrogen (secondary N) is 1. The van der Waals surface area contributed by atoms with Crippen molar-refractivity contribution >= 4 is 11.6 Å². The molecule has 5 heteroatoms. The van der Waals surface area contributed by atoms with Crippen molar-refractivity contribution in [2.45, 2.75) is 25.0 Å². The van der Waals surface area contributed by atoms with Gasteiger partial charge in [0.15, 0.2) is 0 Å². The SMILES string of the molecule is COc1cccc(NC(=O)C(c2ccccc2)N2CCCC(O)C2)c1. The molecule has 1 heterocycles. The van der Waals surface area contributed by atoms with Gasteiger partial charge in [-0.1, -0.05) is 36.4 Å². The smallest absolute Gasteiger partial charge is 0.246 e. The summed E-state index contributed by atoms with van der Waals surface area (Å²) in [5, 5.41) is 13.0. The van der Waals surface area contributed by atoms with Crippen LogP contribution in [0.1, 0.15) is 24.4 Å². The van der Waals surface area contributed by atoms with E-state index in [1.54, 1.807) is 13.2 Å². The highest BCUT2D eigenvalue weighted by Crippen LogP contribution is 2.27. The van der Waals surface area contributed by atoms with Gasteiger partial charge in [-0.15, -0.1) is 0 Å². The summed E-state index contributed by atoms with van der Waals surface area (Å²) in [4.78, 5) is 15.1. The van der Waals surface area contributed by atoms with E-state index in [2.05, 4.69) is 10.2 Å². The third-order valence-corrected chi connectivity index (χ3v) is 4.49. The van der Waals surface area contributed by atoms with Crippen LogP contribution in [0.25, 0.3) is 0 Å². The molecular weight excluding hydrogens is 316 g/mol. The van der Waals surface area contributed by atoms with Crippen molar-refractivity contribution in [1.29, 1.82) is 0 Å². The quantitative estimate of drug-likeness (QED) is 0.879. The molecule has 5 nitrogen and oxygen atoms in total. The molecule has 1 fully saturated rings. The number of carbonyl (C=O) groups excluding carboxylic acids is 1. The Morgan fingerprint density at radius 1 is 1.24 bits per heavy atom. The van der Waals surface area contributed by atoms with Gasteiger partial charge in [-0.2, -0.15) is 0 Å². The molecule has 0 aliphatic carbocycles. The Labute approximate surface area is 148 Å². The van der Waals surface area contributed by atoms with Gasteiger partial charge in [0.05, 0.1) is 13.2 Å². The number of methoxy groups -OCH3 is 1. The minimum absolute atomic E-state index is 0.103. The molecule has 0 aromatic heterocycles. The second-order valence-electron chi connectivity index (χ2n) is 6.33. The maximum Gasteiger partial charge on any atom is 0.246 e. The fraction of sp³-hybridized carbons (Fsp3) is 0.350. The highest BCUT2D eigenvalue weighted by atomic mass is 16.5. The van der Waals surface area contributed by atoms with Crippen molar-refractivity contribution in [2.75, 3.05) is 25.5 Å². The highest BCUT2D eigenvalue weighted by molar-refractivity contribution is 5.95. The zero-order chi connectivity index (χ0) is 17.6. The summed E-state index contributed by atoms with van der Waals surface area (Å²) in [5.74, 6) is 0.594. The van der Waals surface area contributed by atoms with Crippen LogP contribution in [0, 0.1) is 0 Å². The molecule has 0 bridgehead atoms. The molecule has 1 amide bonds. The summed E-state index contributed by atoms with van der Waals surface area (Å²) in [7, 11) is 1.60. The number of hydrogen-bond donors (Lipinski definition) is 2. The molecule has 1 saturated heterocycles. The van der Waals surface area contributed by atoms with Crippen LogP contribution in [0.4, 0.5) is 5.69 Å². The largest absolute Gasteiger partial charge is 0.497 e. The van der Waals surface area contributed by atoms with Crippen LogP contribution in [0.15, 0.2) is 54.6 Å². The van der Waals surface area contributed by atoms with Crippen molar-refractivity contribution < 1.29 is 14.6 Å². The van der Waals surface area contributed by atoms with E-state index in [0.29, 0.717) is 18.0 Å². The van der Waals surface area contributed by atoms with Crippen LogP contribution in [-0.4, -0.2) is 42.2 Å². The lowest BCUT2D eigenvalue weighted by atomic mass is 9.99. The molecule has 0 radical (unpaired) electrons. The fourth-order valence-corrected chi connectivity index (χ4v) is 3.29. The second kappa shape index (κ2) is 8.14. The van der Waals surface area contributed by atoms with Gasteiger partial charge in [0.25, 0.3) is 0 Å². The van der Waals surface area contributed by atoms with Gasteiger partial charge in [0, 0.05) is 18.3 Å². The van der Waals surface area contributed by atoms with Gasteiger partial charge in [0.1, 0.15) is 11.8 Å². The molecule has 2 N–H and O–H groups in total. The molecule has 0 saturated carbocycles. The molecule has 132 valence electrons. The van der Waals surface area contributed by atoms with E-state index in [9.17, 15) is 9.90 Å². The van der Waals surface area contributed by atoms with Crippen LogP contribution in [0.5, 0.6) is 5.75 Å². The molecule has 2 aromatic rings. The first-order valence-corrected chi connectivity index (χ1v) is 8.59. The number of amides is 1. The van der Waals surface area contributed by atoms with Crippen molar-refractivity contribution in [3.8, 4) is 5.75 Å². The minimum Gasteiger partial charge on any atom is -0.497 e. The normalized spacial score (nSPS) is 19.2. The van der Waals surface area contributed by atoms with Crippen LogP contribution in [0.3, 0.4) is 0 Å². The first-order chi connectivity index (χ1) is 12.2.